The Labute approximate surface area is 197 Å². The SMILES string of the molecule is O=P([O-])([O-])OCCCCCCCCI.[K+].[K+]. The maximum atomic E-state index is 10.1. The second-order valence-corrected chi connectivity index (χ2v) is 5.32. The van der Waals surface area contributed by atoms with Crippen LogP contribution in [0.5, 0.6) is 0 Å². The number of unbranched alkanes of at least 4 members (excludes halogenated alkanes) is 5. The molecule has 16 heavy (non-hydrogen) atoms. The zero-order chi connectivity index (χ0) is 10.9. The quantitative estimate of drug-likeness (QED) is 0.126. The Morgan fingerprint density at radius 2 is 1.38 bits per heavy atom. The summed E-state index contributed by atoms with van der Waals surface area (Å²) < 4.78 is 15.3. The van der Waals surface area contributed by atoms with Gasteiger partial charge in [-0.15, -0.1) is 0 Å². The molecule has 0 spiro atoms. The van der Waals surface area contributed by atoms with Crippen molar-refractivity contribution in [2.24, 2.45) is 0 Å². The van der Waals surface area contributed by atoms with Gasteiger partial charge in [-0.1, -0.05) is 48.3 Å². The Balaban J connectivity index is -0.000000845. The molecule has 0 fully saturated rings. The van der Waals surface area contributed by atoms with Crippen molar-refractivity contribution in [2.75, 3.05) is 11.0 Å². The first-order valence-corrected chi connectivity index (χ1v) is 7.77. The predicted octanol–water partition coefficient (Wildman–Crippen LogP) is -4.38. The Morgan fingerprint density at radius 1 is 0.938 bits per heavy atom. The minimum atomic E-state index is -4.73. The van der Waals surface area contributed by atoms with Crippen molar-refractivity contribution in [1.82, 2.24) is 0 Å². The maximum Gasteiger partial charge on any atom is 1.00 e. The van der Waals surface area contributed by atoms with Crippen LogP contribution < -0.4 is 113 Å². The summed E-state index contributed by atoms with van der Waals surface area (Å²) in [5.41, 5.74) is 0. The van der Waals surface area contributed by atoms with Crippen LogP contribution in [0.3, 0.4) is 0 Å². The van der Waals surface area contributed by atoms with Crippen molar-refractivity contribution in [2.45, 2.75) is 38.5 Å². The van der Waals surface area contributed by atoms with Crippen molar-refractivity contribution >= 4 is 30.4 Å². The molecule has 0 saturated carbocycles. The summed E-state index contributed by atoms with van der Waals surface area (Å²) >= 11 is 2.35. The average Bonchev–Trinajstić information content (AvgIpc) is 2.08. The first-order valence-electron chi connectivity index (χ1n) is 4.79. The van der Waals surface area contributed by atoms with Crippen LogP contribution in [0.15, 0.2) is 0 Å². The molecule has 4 nitrogen and oxygen atoms in total. The summed E-state index contributed by atoms with van der Waals surface area (Å²) in [6, 6.07) is 0. The van der Waals surface area contributed by atoms with E-state index in [0.29, 0.717) is 6.42 Å². The molecule has 0 rings (SSSR count). The van der Waals surface area contributed by atoms with Gasteiger partial charge < -0.3 is 18.9 Å². The smallest absolute Gasteiger partial charge is 0.790 e. The Kier molecular flexibility index (Phi) is 26.9. The molecule has 8 heteroatoms. The minimum Gasteiger partial charge on any atom is -0.790 e. The molecule has 0 aromatic heterocycles. The molecular formula is C8H16IK2O4P. The molecular weight excluding hydrogens is 396 g/mol. The van der Waals surface area contributed by atoms with Gasteiger partial charge in [0.2, 0.25) is 0 Å². The summed E-state index contributed by atoms with van der Waals surface area (Å²) in [6.07, 6.45) is 6.32. The maximum absolute atomic E-state index is 10.1. The molecule has 86 valence electrons. The fraction of sp³-hybridized carbons (Fsp3) is 1.00. The van der Waals surface area contributed by atoms with E-state index in [1.165, 1.54) is 23.7 Å². The molecule has 0 unspecified atom stereocenters. The Morgan fingerprint density at radius 3 is 1.81 bits per heavy atom. The molecule has 0 aromatic rings. The van der Waals surface area contributed by atoms with Gasteiger partial charge >= 0.3 is 103 Å². The molecule has 0 atom stereocenters. The van der Waals surface area contributed by atoms with Crippen LogP contribution in [-0.4, -0.2) is 11.0 Å². The number of alkyl halides is 1. The van der Waals surface area contributed by atoms with Crippen molar-refractivity contribution in [3.63, 3.8) is 0 Å². The second-order valence-electron chi connectivity index (χ2n) is 3.09. The van der Waals surface area contributed by atoms with E-state index >= 15 is 0 Å². The largest absolute Gasteiger partial charge is 1.00 e. The number of hydrogen-bond donors (Lipinski definition) is 0. The Hall–Kier alpha value is 4.11. The van der Waals surface area contributed by atoms with Gasteiger partial charge in [-0.25, -0.2) is 0 Å². The zero-order valence-electron chi connectivity index (χ0n) is 10.1. The third-order valence-electron chi connectivity index (χ3n) is 1.78. The molecule has 0 bridgehead atoms. The molecule has 0 amide bonds. The van der Waals surface area contributed by atoms with Gasteiger partial charge in [0.1, 0.15) is 0 Å². The van der Waals surface area contributed by atoms with E-state index in [-0.39, 0.29) is 109 Å². The number of halogens is 1. The van der Waals surface area contributed by atoms with Crippen LogP contribution in [0.25, 0.3) is 0 Å². The van der Waals surface area contributed by atoms with Crippen LogP contribution in [0, 0.1) is 0 Å². The van der Waals surface area contributed by atoms with Gasteiger partial charge in [-0.3, -0.25) is 0 Å². The summed E-state index contributed by atoms with van der Waals surface area (Å²) in [4.78, 5) is 20.1. The molecule has 0 aliphatic rings. The van der Waals surface area contributed by atoms with E-state index in [9.17, 15) is 14.4 Å². The number of phosphoric ester groups is 1. The van der Waals surface area contributed by atoms with Gasteiger partial charge in [0.25, 0.3) is 0 Å². The van der Waals surface area contributed by atoms with Crippen molar-refractivity contribution in [1.29, 1.82) is 0 Å². The number of hydrogen-bond acceptors (Lipinski definition) is 4. The molecule has 0 radical (unpaired) electrons. The standard InChI is InChI=1S/C8H18IO4P.2K/c9-7-5-3-1-2-4-6-8-13-14(10,11)12;;/h1-8H2,(H2,10,11,12);;/q;2*+1/p-2. The van der Waals surface area contributed by atoms with Crippen LogP contribution in [0.2, 0.25) is 0 Å². The van der Waals surface area contributed by atoms with Gasteiger partial charge in [0.15, 0.2) is 0 Å². The Bertz CT molecular complexity index is 179. The fourth-order valence-electron chi connectivity index (χ4n) is 1.08. The van der Waals surface area contributed by atoms with E-state index in [2.05, 4.69) is 27.1 Å². The normalized spacial score (nSPS) is 10.4. The summed E-state index contributed by atoms with van der Waals surface area (Å²) in [7, 11) is -4.73. The molecule has 0 heterocycles. The second kappa shape index (κ2) is 17.2. The van der Waals surface area contributed by atoms with Crippen molar-refractivity contribution in [3.8, 4) is 0 Å². The van der Waals surface area contributed by atoms with Crippen LogP contribution in [-0.2, 0) is 9.09 Å². The molecule has 0 aliphatic carbocycles. The van der Waals surface area contributed by atoms with E-state index in [4.69, 9.17) is 0 Å². The molecule has 0 aromatic carbocycles. The van der Waals surface area contributed by atoms with Crippen molar-refractivity contribution in [3.05, 3.63) is 0 Å². The molecule has 0 N–H and O–H groups in total. The van der Waals surface area contributed by atoms with Gasteiger partial charge in [-0.05, 0) is 17.3 Å². The first kappa shape index (κ1) is 25.1. The topological polar surface area (TPSA) is 72.4 Å². The summed E-state index contributed by atoms with van der Waals surface area (Å²) in [6.45, 7) is 0.0383. The van der Waals surface area contributed by atoms with Crippen LogP contribution in [0.4, 0.5) is 0 Å². The van der Waals surface area contributed by atoms with Gasteiger partial charge in [0, 0.05) is 0 Å². The molecule has 0 saturated heterocycles. The number of rotatable bonds is 9. The number of phosphoric acid groups is 1. The van der Waals surface area contributed by atoms with E-state index in [1.807, 2.05) is 0 Å². The van der Waals surface area contributed by atoms with Gasteiger partial charge in [-0.2, -0.15) is 0 Å². The first-order chi connectivity index (χ1) is 6.56. The van der Waals surface area contributed by atoms with Crippen molar-refractivity contribution < 1.29 is 122 Å². The predicted molar refractivity (Wildman–Crippen MR) is 60.1 cm³/mol. The average molecular weight is 412 g/mol. The van der Waals surface area contributed by atoms with E-state index < -0.39 is 7.82 Å². The minimum absolute atomic E-state index is 0. The summed E-state index contributed by atoms with van der Waals surface area (Å²) in [5, 5.41) is 0. The van der Waals surface area contributed by atoms with Crippen LogP contribution in [0.1, 0.15) is 38.5 Å². The van der Waals surface area contributed by atoms with Crippen LogP contribution >= 0.6 is 30.4 Å². The fourth-order valence-corrected chi connectivity index (χ4v) is 1.97. The zero-order valence-corrected chi connectivity index (χ0v) is 19.4. The third kappa shape index (κ3) is 23.2. The monoisotopic (exact) mass is 412 g/mol. The summed E-state index contributed by atoms with van der Waals surface area (Å²) in [5.74, 6) is 0. The third-order valence-corrected chi connectivity index (χ3v) is 3.04. The van der Waals surface area contributed by atoms with Gasteiger partial charge in [0.05, 0.1) is 14.4 Å². The van der Waals surface area contributed by atoms with E-state index in [0.717, 1.165) is 12.8 Å². The van der Waals surface area contributed by atoms with E-state index in [1.54, 1.807) is 0 Å². The molecule has 0 aliphatic heterocycles.